The Balaban J connectivity index is 0.000000134. The van der Waals surface area contributed by atoms with Crippen LogP contribution in [0, 0.1) is 0 Å². The molecule has 0 spiro atoms. The lowest BCUT2D eigenvalue weighted by atomic mass is 10.0. The van der Waals surface area contributed by atoms with Gasteiger partial charge in [0, 0.05) is 5.56 Å². The Hall–Kier alpha value is -4.04. The lowest BCUT2D eigenvalue weighted by molar-refractivity contribution is 0.415. The minimum absolute atomic E-state index is 0.285. The highest BCUT2D eigenvalue weighted by Gasteiger charge is 2.06. The van der Waals surface area contributed by atoms with E-state index in [1.54, 1.807) is 31.4 Å². The van der Waals surface area contributed by atoms with Crippen LogP contribution >= 0.6 is 0 Å². The van der Waals surface area contributed by atoms with Gasteiger partial charge in [-0.15, -0.1) is 0 Å². The molecule has 0 unspecified atom stereocenters. The Labute approximate surface area is 184 Å². The number of methoxy groups -OCH3 is 1. The molecule has 2 nitrogen and oxygen atoms in total. The molecule has 154 valence electrons. The zero-order chi connectivity index (χ0) is 22.1. The summed E-state index contributed by atoms with van der Waals surface area (Å²) < 4.78 is 4.98. The van der Waals surface area contributed by atoms with Crippen molar-refractivity contribution in [3.63, 3.8) is 0 Å². The van der Waals surface area contributed by atoms with Gasteiger partial charge in [-0.1, -0.05) is 104 Å². The van der Waals surface area contributed by atoms with Gasteiger partial charge in [0.05, 0.1) is 7.11 Å². The molecule has 2 heteroatoms. The normalized spacial score (nSPS) is 10.4. The SMILES string of the molecule is C1=Cc2cccc3cccc1c23.C=Cc1ccc(OC)cc1.C=Cc1ccccc1O. The predicted molar refractivity (Wildman–Crippen MR) is 134 cm³/mol. The van der Waals surface area contributed by atoms with E-state index in [0.717, 1.165) is 16.9 Å². The summed E-state index contributed by atoms with van der Waals surface area (Å²) >= 11 is 0. The number of hydrogen-bond donors (Lipinski definition) is 1. The first-order chi connectivity index (χ1) is 15.2. The summed E-state index contributed by atoms with van der Waals surface area (Å²) in [5.41, 5.74) is 4.59. The van der Waals surface area contributed by atoms with Crippen molar-refractivity contribution in [3.8, 4) is 11.5 Å². The Morgan fingerprint density at radius 1 is 0.710 bits per heavy atom. The summed E-state index contributed by atoms with van der Waals surface area (Å²) in [4.78, 5) is 0. The van der Waals surface area contributed by atoms with Crippen molar-refractivity contribution in [2.24, 2.45) is 0 Å². The van der Waals surface area contributed by atoms with Crippen LogP contribution in [0.2, 0.25) is 0 Å². The summed E-state index contributed by atoms with van der Waals surface area (Å²) in [6, 6.07) is 27.7. The molecule has 0 aromatic heterocycles. The van der Waals surface area contributed by atoms with Gasteiger partial charge < -0.3 is 9.84 Å². The molecule has 1 aliphatic rings. The van der Waals surface area contributed by atoms with Crippen LogP contribution < -0.4 is 4.74 Å². The van der Waals surface area contributed by atoms with E-state index in [2.05, 4.69) is 61.7 Å². The van der Waals surface area contributed by atoms with Gasteiger partial charge in [0.1, 0.15) is 11.5 Å². The number of rotatable bonds is 3. The summed E-state index contributed by atoms with van der Waals surface area (Å²) in [7, 11) is 1.66. The maximum absolute atomic E-state index is 9.04. The van der Waals surface area contributed by atoms with Gasteiger partial charge in [-0.3, -0.25) is 0 Å². The number of benzene rings is 4. The van der Waals surface area contributed by atoms with E-state index >= 15 is 0 Å². The van der Waals surface area contributed by atoms with Crippen molar-refractivity contribution in [1.82, 2.24) is 0 Å². The van der Waals surface area contributed by atoms with Crippen LogP contribution in [0.3, 0.4) is 0 Å². The molecular weight excluding hydrogens is 380 g/mol. The first-order valence-electron chi connectivity index (χ1n) is 10.0. The average molecular weight is 407 g/mol. The summed E-state index contributed by atoms with van der Waals surface area (Å²) in [6.07, 6.45) is 7.78. The van der Waals surface area contributed by atoms with Crippen molar-refractivity contribution < 1.29 is 9.84 Å². The second kappa shape index (κ2) is 10.7. The van der Waals surface area contributed by atoms with Gasteiger partial charge in [-0.05, 0) is 45.7 Å². The molecule has 0 saturated heterocycles. The third kappa shape index (κ3) is 5.52. The summed E-state index contributed by atoms with van der Waals surface area (Å²) in [5.74, 6) is 1.16. The lowest BCUT2D eigenvalue weighted by Gasteiger charge is -1.99. The van der Waals surface area contributed by atoms with Gasteiger partial charge in [0.15, 0.2) is 0 Å². The van der Waals surface area contributed by atoms with Crippen molar-refractivity contribution in [2.45, 2.75) is 0 Å². The van der Waals surface area contributed by atoms with E-state index in [1.807, 2.05) is 36.4 Å². The predicted octanol–water partition coefficient (Wildman–Crippen LogP) is 7.70. The topological polar surface area (TPSA) is 29.5 Å². The molecule has 1 N–H and O–H groups in total. The first kappa shape index (κ1) is 21.7. The van der Waals surface area contributed by atoms with E-state index in [-0.39, 0.29) is 5.75 Å². The van der Waals surface area contributed by atoms with Crippen LogP contribution in [0.4, 0.5) is 0 Å². The minimum atomic E-state index is 0.285. The van der Waals surface area contributed by atoms with Crippen LogP contribution in [-0.4, -0.2) is 12.2 Å². The van der Waals surface area contributed by atoms with Crippen LogP contribution in [-0.2, 0) is 0 Å². The second-order valence-electron chi connectivity index (χ2n) is 6.87. The van der Waals surface area contributed by atoms with Crippen LogP contribution in [0.25, 0.3) is 35.1 Å². The fourth-order valence-electron chi connectivity index (χ4n) is 3.26. The Bertz CT molecular complexity index is 1160. The van der Waals surface area contributed by atoms with Crippen molar-refractivity contribution >= 4 is 35.1 Å². The molecule has 0 atom stereocenters. The first-order valence-corrected chi connectivity index (χ1v) is 10.0. The van der Waals surface area contributed by atoms with E-state index in [1.165, 1.54) is 21.9 Å². The molecule has 4 aromatic rings. The fraction of sp³-hybridized carbons (Fsp3) is 0.0345. The molecule has 0 heterocycles. The molecule has 1 aliphatic carbocycles. The largest absolute Gasteiger partial charge is 0.507 e. The Kier molecular flexibility index (Phi) is 7.45. The lowest BCUT2D eigenvalue weighted by Crippen LogP contribution is -1.80. The zero-order valence-corrected chi connectivity index (χ0v) is 17.7. The van der Waals surface area contributed by atoms with Crippen LogP contribution in [0.1, 0.15) is 22.3 Å². The highest BCUT2D eigenvalue weighted by atomic mass is 16.5. The summed E-state index contributed by atoms with van der Waals surface area (Å²) in [6.45, 7) is 7.18. The Morgan fingerprint density at radius 2 is 1.32 bits per heavy atom. The number of ether oxygens (including phenoxy) is 1. The van der Waals surface area contributed by atoms with Crippen LogP contribution in [0.15, 0.2) is 98.1 Å². The molecule has 0 fully saturated rings. The number of phenolic OH excluding ortho intramolecular Hbond substituents is 1. The fourth-order valence-corrected chi connectivity index (χ4v) is 3.26. The smallest absolute Gasteiger partial charge is 0.122 e. The third-order valence-electron chi connectivity index (χ3n) is 4.92. The standard InChI is InChI=1S/C12H8.C9H10O.C8H8O/c1-3-9-4-2-6-11-8-7-10(5-1)12(9)11;1-3-8-4-6-9(10-2)7-5-8;1-2-7-5-3-4-6-8(7)9/h1-8H;3-7H,1H2,2H3;2-6,9H,1H2. The number of para-hydroxylation sites is 1. The van der Waals surface area contributed by atoms with Gasteiger partial charge in [0.2, 0.25) is 0 Å². The third-order valence-corrected chi connectivity index (χ3v) is 4.92. The van der Waals surface area contributed by atoms with Gasteiger partial charge >= 0.3 is 0 Å². The molecule has 0 bridgehead atoms. The maximum Gasteiger partial charge on any atom is 0.122 e. The zero-order valence-electron chi connectivity index (χ0n) is 17.7. The monoisotopic (exact) mass is 406 g/mol. The van der Waals surface area contributed by atoms with Crippen molar-refractivity contribution in [2.75, 3.05) is 7.11 Å². The van der Waals surface area contributed by atoms with E-state index in [0.29, 0.717) is 0 Å². The number of phenols is 1. The molecule has 5 rings (SSSR count). The quantitative estimate of drug-likeness (QED) is 0.333. The van der Waals surface area contributed by atoms with Crippen molar-refractivity contribution in [1.29, 1.82) is 0 Å². The second-order valence-corrected chi connectivity index (χ2v) is 6.87. The molecular formula is C29H26O2. The van der Waals surface area contributed by atoms with Gasteiger partial charge in [-0.25, -0.2) is 0 Å². The van der Waals surface area contributed by atoms with E-state index < -0.39 is 0 Å². The minimum Gasteiger partial charge on any atom is -0.507 e. The molecule has 0 saturated carbocycles. The molecule has 31 heavy (non-hydrogen) atoms. The maximum atomic E-state index is 9.04. The molecule has 0 amide bonds. The molecule has 0 radical (unpaired) electrons. The summed E-state index contributed by atoms with van der Waals surface area (Å²) in [5, 5.41) is 11.8. The number of aromatic hydroxyl groups is 1. The average Bonchev–Trinajstić information content (AvgIpc) is 3.26. The Morgan fingerprint density at radius 3 is 1.81 bits per heavy atom. The van der Waals surface area contributed by atoms with Crippen molar-refractivity contribution in [3.05, 3.63) is 120 Å². The van der Waals surface area contributed by atoms with E-state index in [4.69, 9.17) is 9.84 Å². The highest BCUT2D eigenvalue weighted by molar-refractivity contribution is 6.04. The van der Waals surface area contributed by atoms with Gasteiger partial charge in [0.25, 0.3) is 0 Å². The van der Waals surface area contributed by atoms with Gasteiger partial charge in [-0.2, -0.15) is 0 Å². The van der Waals surface area contributed by atoms with Crippen LogP contribution in [0.5, 0.6) is 11.5 Å². The molecule has 0 aliphatic heterocycles. The highest BCUT2D eigenvalue weighted by Crippen LogP contribution is 2.30. The molecule has 4 aromatic carbocycles. The number of hydrogen-bond acceptors (Lipinski definition) is 2. The van der Waals surface area contributed by atoms with E-state index in [9.17, 15) is 0 Å².